The van der Waals surface area contributed by atoms with Gasteiger partial charge in [-0.2, -0.15) is 0 Å². The van der Waals surface area contributed by atoms with Crippen LogP contribution in [0, 0.1) is 0 Å². The van der Waals surface area contributed by atoms with Crippen LogP contribution in [0.1, 0.15) is 20.3 Å². The normalized spacial score (nSPS) is 11.5. The lowest BCUT2D eigenvalue weighted by atomic mass is 10.1. The van der Waals surface area contributed by atoms with Crippen molar-refractivity contribution in [3.05, 3.63) is 0 Å². The lowest BCUT2D eigenvalue weighted by Gasteiger charge is -2.19. The van der Waals surface area contributed by atoms with Crippen LogP contribution in [0.3, 0.4) is 0 Å². The molecule has 0 saturated heterocycles. The molecule has 0 rings (SSSR count). The van der Waals surface area contributed by atoms with Gasteiger partial charge in [0.05, 0.1) is 6.61 Å². The maximum Gasteiger partial charge on any atom is 0.335 e. The molecule has 0 aliphatic rings. The Morgan fingerprint density at radius 1 is 1.55 bits per heavy atom. The highest BCUT2D eigenvalue weighted by atomic mass is 16.5. The molecule has 66 valence electrons. The first-order valence-corrected chi connectivity index (χ1v) is 3.49. The summed E-state index contributed by atoms with van der Waals surface area (Å²) in [5.41, 5.74) is -1.14. The summed E-state index contributed by atoms with van der Waals surface area (Å²) in [5, 5.41) is 16.9. The minimum absolute atomic E-state index is 0.0235. The third-order valence-electron chi connectivity index (χ3n) is 1.28. The summed E-state index contributed by atoms with van der Waals surface area (Å²) < 4.78 is 4.97. The van der Waals surface area contributed by atoms with Crippen molar-refractivity contribution in [3.8, 4) is 0 Å². The number of aliphatic hydroxyl groups excluding tert-OH is 1. The first-order valence-electron chi connectivity index (χ1n) is 3.49. The molecule has 4 nitrogen and oxygen atoms in total. The van der Waals surface area contributed by atoms with Crippen LogP contribution in [-0.2, 0) is 9.53 Å². The number of hydrogen-bond acceptors (Lipinski definition) is 3. The summed E-state index contributed by atoms with van der Waals surface area (Å²) in [6, 6.07) is 0. The van der Waals surface area contributed by atoms with Crippen LogP contribution < -0.4 is 0 Å². The van der Waals surface area contributed by atoms with Crippen LogP contribution in [0.4, 0.5) is 0 Å². The van der Waals surface area contributed by atoms with E-state index in [9.17, 15) is 4.79 Å². The van der Waals surface area contributed by atoms with Gasteiger partial charge in [-0.25, -0.2) is 4.79 Å². The van der Waals surface area contributed by atoms with Crippen molar-refractivity contribution in [1.82, 2.24) is 0 Å². The molecular formula is C7H14O4. The van der Waals surface area contributed by atoms with Crippen LogP contribution in [-0.4, -0.2) is 35.0 Å². The molecule has 4 heteroatoms. The van der Waals surface area contributed by atoms with E-state index in [0.717, 1.165) is 0 Å². The maximum absolute atomic E-state index is 10.4. The van der Waals surface area contributed by atoms with E-state index >= 15 is 0 Å². The predicted octanol–water partition coefficient (Wildman–Crippen LogP) is 0.249. The molecule has 2 N–H and O–H groups in total. The molecule has 11 heavy (non-hydrogen) atoms. The Labute approximate surface area is 65.8 Å². The molecule has 0 aromatic heterocycles. The van der Waals surface area contributed by atoms with Crippen molar-refractivity contribution in [1.29, 1.82) is 0 Å². The van der Waals surface area contributed by atoms with Gasteiger partial charge in [0, 0.05) is 6.61 Å². The fourth-order valence-corrected chi connectivity index (χ4v) is 0.454. The molecule has 0 spiro atoms. The van der Waals surface area contributed by atoms with E-state index in [0.29, 0.717) is 6.42 Å². The van der Waals surface area contributed by atoms with E-state index in [4.69, 9.17) is 14.9 Å². The number of ether oxygens (including phenoxy) is 1. The van der Waals surface area contributed by atoms with Gasteiger partial charge in [-0.1, -0.05) is 0 Å². The van der Waals surface area contributed by atoms with E-state index in [1.54, 1.807) is 0 Å². The minimum Gasteiger partial charge on any atom is -0.479 e. The Morgan fingerprint density at radius 2 is 2.09 bits per heavy atom. The van der Waals surface area contributed by atoms with E-state index in [2.05, 4.69) is 0 Å². The van der Waals surface area contributed by atoms with Gasteiger partial charge in [-0.05, 0) is 20.3 Å². The van der Waals surface area contributed by atoms with Crippen LogP contribution in [0.5, 0.6) is 0 Å². The molecule has 0 fully saturated rings. The van der Waals surface area contributed by atoms with Gasteiger partial charge in [0.15, 0.2) is 5.60 Å². The van der Waals surface area contributed by atoms with Crippen molar-refractivity contribution < 1.29 is 19.7 Å². The Hall–Kier alpha value is -0.610. The number of rotatable bonds is 5. The van der Waals surface area contributed by atoms with Gasteiger partial charge in [-0.3, -0.25) is 0 Å². The monoisotopic (exact) mass is 162 g/mol. The number of carboxylic acids is 1. The highest BCUT2D eigenvalue weighted by Crippen LogP contribution is 2.08. The first kappa shape index (κ1) is 10.4. The molecule has 0 atom stereocenters. The zero-order valence-electron chi connectivity index (χ0n) is 6.83. The smallest absolute Gasteiger partial charge is 0.335 e. The van der Waals surface area contributed by atoms with Crippen LogP contribution in [0.25, 0.3) is 0 Å². The standard InChI is InChI=1S/C7H14O4/c1-7(2,6(9)10)11-5-3-4-8/h8H,3-5H2,1-2H3,(H,9,10). The third-order valence-corrected chi connectivity index (χ3v) is 1.28. The Morgan fingerprint density at radius 3 is 2.45 bits per heavy atom. The van der Waals surface area contributed by atoms with Crippen LogP contribution >= 0.6 is 0 Å². The van der Waals surface area contributed by atoms with Gasteiger partial charge in [0.2, 0.25) is 0 Å². The SMILES string of the molecule is CC(C)(OCCCO)C(=O)O. The fourth-order valence-electron chi connectivity index (χ4n) is 0.454. The highest BCUT2D eigenvalue weighted by Gasteiger charge is 2.27. The predicted molar refractivity (Wildman–Crippen MR) is 39.4 cm³/mol. The Balaban J connectivity index is 3.64. The molecule has 0 radical (unpaired) electrons. The quantitative estimate of drug-likeness (QED) is 0.568. The molecular weight excluding hydrogens is 148 g/mol. The lowest BCUT2D eigenvalue weighted by Crippen LogP contribution is -2.35. The van der Waals surface area contributed by atoms with Gasteiger partial charge >= 0.3 is 5.97 Å². The fraction of sp³-hybridized carbons (Fsp3) is 0.857. The molecule has 0 saturated carbocycles. The summed E-state index contributed by atoms with van der Waals surface area (Å²) in [4.78, 5) is 10.4. The summed E-state index contributed by atoms with van der Waals surface area (Å²) in [6.07, 6.45) is 0.469. The largest absolute Gasteiger partial charge is 0.479 e. The molecule has 0 aromatic rings. The number of hydrogen-bond donors (Lipinski definition) is 2. The second-order valence-electron chi connectivity index (χ2n) is 2.74. The van der Waals surface area contributed by atoms with E-state index < -0.39 is 11.6 Å². The van der Waals surface area contributed by atoms with Gasteiger partial charge in [0.25, 0.3) is 0 Å². The molecule has 0 aliphatic heterocycles. The topological polar surface area (TPSA) is 66.8 Å². The van der Waals surface area contributed by atoms with Gasteiger partial charge in [0.1, 0.15) is 0 Å². The first-order chi connectivity index (χ1) is 5.00. The second kappa shape index (κ2) is 4.31. The van der Waals surface area contributed by atoms with Crippen molar-refractivity contribution in [2.45, 2.75) is 25.9 Å². The van der Waals surface area contributed by atoms with Gasteiger partial charge in [-0.15, -0.1) is 0 Å². The summed E-state index contributed by atoms with van der Waals surface area (Å²) in [5.74, 6) is -0.990. The molecule has 0 bridgehead atoms. The second-order valence-corrected chi connectivity index (χ2v) is 2.74. The van der Waals surface area contributed by atoms with Crippen LogP contribution in [0.2, 0.25) is 0 Å². The van der Waals surface area contributed by atoms with Gasteiger partial charge < -0.3 is 14.9 Å². The average molecular weight is 162 g/mol. The summed E-state index contributed by atoms with van der Waals surface area (Å²) in [7, 11) is 0. The average Bonchev–Trinajstić information content (AvgIpc) is 1.88. The zero-order chi connectivity index (χ0) is 8.91. The van der Waals surface area contributed by atoms with Crippen molar-refractivity contribution in [2.24, 2.45) is 0 Å². The number of carboxylic acid groups (broad SMARTS) is 1. The van der Waals surface area contributed by atoms with E-state index in [1.165, 1.54) is 13.8 Å². The minimum atomic E-state index is -1.14. The highest BCUT2D eigenvalue weighted by molar-refractivity contribution is 5.76. The maximum atomic E-state index is 10.4. The molecule has 0 amide bonds. The zero-order valence-corrected chi connectivity index (χ0v) is 6.83. The number of carbonyl (C=O) groups is 1. The molecule has 0 aliphatic carbocycles. The molecule has 0 heterocycles. The molecule has 0 aromatic carbocycles. The number of aliphatic carboxylic acids is 1. The Kier molecular flexibility index (Phi) is 4.07. The number of aliphatic hydroxyl groups is 1. The van der Waals surface area contributed by atoms with Crippen molar-refractivity contribution in [3.63, 3.8) is 0 Å². The molecule has 0 unspecified atom stereocenters. The van der Waals surface area contributed by atoms with Crippen molar-refractivity contribution in [2.75, 3.05) is 13.2 Å². The van der Waals surface area contributed by atoms with Crippen LogP contribution in [0.15, 0.2) is 0 Å². The summed E-state index contributed by atoms with van der Waals surface area (Å²) >= 11 is 0. The summed E-state index contributed by atoms with van der Waals surface area (Å²) in [6.45, 7) is 3.25. The lowest BCUT2D eigenvalue weighted by molar-refractivity contribution is -0.161. The van der Waals surface area contributed by atoms with E-state index in [-0.39, 0.29) is 13.2 Å². The van der Waals surface area contributed by atoms with Crippen molar-refractivity contribution >= 4 is 5.97 Å². The van der Waals surface area contributed by atoms with E-state index in [1.807, 2.05) is 0 Å². The third kappa shape index (κ3) is 3.95. The Bertz CT molecular complexity index is 130.